The molecule has 1 aliphatic rings. The molecule has 24 heteroatoms. The van der Waals surface area contributed by atoms with Gasteiger partial charge in [-0.05, 0) is 126 Å². The third-order valence-electron chi connectivity index (χ3n) is 24.0. The van der Waals surface area contributed by atoms with E-state index in [-0.39, 0.29) is 117 Å². The molecule has 5 rings (SSSR count). The first-order valence-electron chi connectivity index (χ1n) is 50.2. The summed E-state index contributed by atoms with van der Waals surface area (Å²) in [5.41, 5.74) is 0.504. The smallest absolute Gasteiger partial charge is 0.252 e. The third-order valence-corrected chi connectivity index (χ3v) is 24.0. The Hall–Kier alpha value is -9.48. The van der Waals surface area contributed by atoms with Crippen LogP contribution in [-0.2, 0) is 38.4 Å². The molecule has 0 radical (unpaired) electrons. The number of carbonyl (C=O) groups is 12. The van der Waals surface area contributed by atoms with E-state index in [1.807, 2.05) is 0 Å². The van der Waals surface area contributed by atoms with Gasteiger partial charge in [-0.2, -0.15) is 0 Å². The van der Waals surface area contributed by atoms with Crippen molar-refractivity contribution in [2.24, 2.45) is 0 Å². The number of unbranched alkanes of at least 4 members (excludes halogenated alkanes) is 48. The van der Waals surface area contributed by atoms with Gasteiger partial charge in [0.05, 0.1) is 0 Å². The van der Waals surface area contributed by atoms with Crippen molar-refractivity contribution in [1.82, 2.24) is 21.3 Å². The second-order valence-corrected chi connectivity index (χ2v) is 36.1. The van der Waals surface area contributed by atoms with Crippen molar-refractivity contribution in [3.63, 3.8) is 0 Å². The first kappa shape index (κ1) is 109. The van der Waals surface area contributed by atoms with Crippen LogP contribution in [0, 0.1) is 0 Å². The molecule has 24 nitrogen and oxygen atoms in total. The predicted octanol–water partition coefficient (Wildman–Crippen LogP) is 24.7. The number of hydrogen-bond acceptors (Lipinski definition) is 12. The van der Waals surface area contributed by atoms with Crippen molar-refractivity contribution in [2.45, 2.75) is 439 Å². The monoisotopic (exact) mass is 1770 g/mol. The predicted molar refractivity (Wildman–Crippen MR) is 524 cm³/mol. The highest BCUT2D eigenvalue weighted by Gasteiger charge is 2.27. The van der Waals surface area contributed by atoms with Gasteiger partial charge in [0.1, 0.15) is 24.2 Å². The fourth-order valence-corrected chi connectivity index (χ4v) is 16.1. The van der Waals surface area contributed by atoms with E-state index in [4.69, 9.17) is 0 Å². The number of fused-ring (bicyclic) bond motifs is 8. The maximum absolute atomic E-state index is 14.5. The van der Waals surface area contributed by atoms with Crippen LogP contribution in [0.3, 0.4) is 0 Å². The number of hydrogen-bond donors (Lipinski definition) is 12. The Morgan fingerprint density at radius 2 is 0.352 bits per heavy atom. The summed E-state index contributed by atoms with van der Waals surface area (Å²) in [6.45, 7) is 14.6. The molecule has 0 aromatic heterocycles. The molecule has 712 valence electrons. The highest BCUT2D eigenvalue weighted by Crippen LogP contribution is 2.28. The number of nitrogens with one attached hydrogen (secondary N) is 12. The number of anilines is 8. The van der Waals surface area contributed by atoms with E-state index in [1.165, 1.54) is 306 Å². The zero-order valence-electron chi connectivity index (χ0n) is 79.7. The largest absolute Gasteiger partial charge is 0.341 e. The topological polar surface area (TPSA) is 349 Å². The van der Waals surface area contributed by atoms with Crippen LogP contribution >= 0.6 is 0 Å². The van der Waals surface area contributed by atoms with Gasteiger partial charge in [-0.3, -0.25) is 57.5 Å². The van der Waals surface area contributed by atoms with E-state index in [0.717, 1.165) is 103 Å². The van der Waals surface area contributed by atoms with Gasteiger partial charge in [-0.15, -0.1) is 0 Å². The van der Waals surface area contributed by atoms with Crippen LogP contribution in [-0.4, -0.2) is 95.1 Å². The van der Waals surface area contributed by atoms with E-state index in [1.54, 1.807) is 0 Å². The van der Waals surface area contributed by atoms with Crippen molar-refractivity contribution in [3.8, 4) is 0 Å². The van der Waals surface area contributed by atoms with E-state index in [9.17, 15) is 57.5 Å². The second-order valence-electron chi connectivity index (χ2n) is 36.1. The highest BCUT2D eigenvalue weighted by atomic mass is 16.2. The van der Waals surface area contributed by atoms with Crippen molar-refractivity contribution in [1.29, 1.82) is 0 Å². The first-order valence-corrected chi connectivity index (χ1v) is 50.2. The Morgan fingerprint density at radius 1 is 0.211 bits per heavy atom. The molecule has 0 fully saturated rings. The number of carbonyl (C=O) groups excluding carboxylic acids is 12. The van der Waals surface area contributed by atoms with Gasteiger partial charge >= 0.3 is 0 Å². The zero-order valence-corrected chi connectivity index (χ0v) is 79.7. The lowest BCUT2D eigenvalue weighted by Crippen LogP contribution is -2.42. The highest BCUT2D eigenvalue weighted by molar-refractivity contribution is 6.09. The van der Waals surface area contributed by atoms with Crippen molar-refractivity contribution in [2.75, 3.05) is 42.5 Å². The molecule has 1 aliphatic heterocycles. The molecular formula is C104H164N12O12. The van der Waals surface area contributed by atoms with E-state index in [2.05, 4.69) is 91.5 Å². The van der Waals surface area contributed by atoms with Crippen LogP contribution < -0.4 is 63.8 Å². The summed E-state index contributed by atoms with van der Waals surface area (Å²) < 4.78 is 0. The summed E-state index contributed by atoms with van der Waals surface area (Å²) in [6, 6.07) is 11.8. The molecule has 4 aromatic rings. The Kier molecular flexibility index (Phi) is 56.9. The average Bonchev–Trinajstić information content (AvgIpc) is 0.836. The Balaban J connectivity index is 1.46. The van der Waals surface area contributed by atoms with Gasteiger partial charge in [0, 0.05) is 93.4 Å². The molecule has 4 atom stereocenters. The fourth-order valence-electron chi connectivity index (χ4n) is 16.1. The van der Waals surface area contributed by atoms with Gasteiger partial charge in [0.15, 0.2) is 0 Å². The first-order chi connectivity index (χ1) is 62.0. The van der Waals surface area contributed by atoms with Gasteiger partial charge in [0.2, 0.25) is 47.3 Å². The van der Waals surface area contributed by atoms with Gasteiger partial charge in [-0.1, -0.05) is 336 Å². The molecule has 0 saturated carbocycles. The Labute approximate surface area is 767 Å². The van der Waals surface area contributed by atoms with Gasteiger partial charge in [0.25, 0.3) is 23.6 Å². The van der Waals surface area contributed by atoms with Crippen LogP contribution in [0.25, 0.3) is 0 Å². The minimum absolute atomic E-state index is 0.0448. The lowest BCUT2D eigenvalue weighted by Gasteiger charge is -2.19. The molecule has 0 aliphatic carbocycles. The number of amides is 12. The zero-order chi connectivity index (χ0) is 92.7. The summed E-state index contributed by atoms with van der Waals surface area (Å²) in [7, 11) is 0. The fraction of sp³-hybridized carbons (Fsp3) is 0.654. The lowest BCUT2D eigenvalue weighted by molar-refractivity contribution is -0.118. The summed E-state index contributed by atoms with van der Waals surface area (Å²) in [5.74, 6) is -7.43. The molecule has 12 amide bonds. The quantitative estimate of drug-likeness (QED) is 0.0184. The van der Waals surface area contributed by atoms with Gasteiger partial charge < -0.3 is 63.8 Å². The van der Waals surface area contributed by atoms with Crippen LogP contribution in [0.2, 0.25) is 0 Å². The average molecular weight is 1770 g/mol. The van der Waals surface area contributed by atoms with Crippen LogP contribution in [0.5, 0.6) is 0 Å². The minimum atomic E-state index is -1.29. The molecule has 4 aromatic carbocycles. The molecule has 0 saturated heterocycles. The van der Waals surface area contributed by atoms with Crippen LogP contribution in [0.1, 0.15) is 456 Å². The SMILES string of the molecule is CCCCCCCCCCCCCCCC(=O)Nc1cc2cc(c1)C(=O)N[C@@H](C)C(=O)Nc1cc(NC(=O)CCCCCCCCCCCCCCC)cc(c1)C(=O)N[C@@H](C)C(=O)Nc1cc(NC(=O)CCCCCCCCCCCCCCC)cc(c1)C(=O)N[C@@H](C)C(=O)Nc1cc(NC(=O)CCCCCCCCCCCCCCC)cc(c1)C(=O)N[C@@H](C)C(=O)N2. The second kappa shape index (κ2) is 66.8. The maximum Gasteiger partial charge on any atom is 0.252 e. The molecule has 128 heavy (non-hydrogen) atoms. The van der Waals surface area contributed by atoms with Crippen LogP contribution in [0.4, 0.5) is 45.5 Å². The summed E-state index contributed by atoms with van der Waals surface area (Å²) in [6.07, 6.45) is 59.6. The molecule has 0 unspecified atom stereocenters. The van der Waals surface area contributed by atoms with Crippen molar-refractivity contribution < 1.29 is 57.5 Å². The normalized spacial score (nSPS) is 15.5. The summed E-state index contributed by atoms with van der Waals surface area (Å²) in [5, 5.41) is 33.6. The lowest BCUT2D eigenvalue weighted by atomic mass is 10.0. The molecule has 8 bridgehead atoms. The third kappa shape index (κ3) is 48.8. The van der Waals surface area contributed by atoms with E-state index < -0.39 is 71.4 Å². The number of rotatable bonds is 60. The molecule has 0 spiro atoms. The molecular weight excluding hydrogens is 1610 g/mol. The summed E-state index contributed by atoms with van der Waals surface area (Å²) >= 11 is 0. The Morgan fingerprint density at radius 3 is 0.500 bits per heavy atom. The number of benzene rings is 4. The minimum Gasteiger partial charge on any atom is -0.341 e. The Bertz CT molecular complexity index is 3490. The molecule has 1 heterocycles. The standard InChI is InChI=1S/C104H164N12O12/c1-9-13-17-21-25-29-33-37-41-45-49-53-57-61-93(117)109-85-65-81-69-89(73-85)113-97(121)77(5)106-102(126)82-66-86(110-94(118)62-58-54-50-46-42-38-34-30-26-22-18-14-10-2)75-91(70-82)115-99(123)79(7)108-104(128)84-68-88(112-96(120)64-60-56-52-48-44-40-36-32-28-24-20-16-12-4)76-92(72-84)116-100(124)80(8)107-103(127)83-67-87(74-90(71-83)114-98(122)78(6)105-101(81)125)111-95(119)63-59-55-51-47-43-39-35-31-27-23-19-15-11-3/h65-80H,9-64H2,1-8H3,(H,105,125)(H,106,126)(H,107,127)(H,108,128)(H,109,117)(H,110,118)(H,111,119)(H,112,120)(H,113,121)(H,114,122)(H,115,123)(H,116,124)/t77-,78-,79-,80-/m0/s1. The van der Waals surface area contributed by atoms with Gasteiger partial charge in [-0.25, -0.2) is 0 Å². The summed E-state index contributed by atoms with van der Waals surface area (Å²) in [4.78, 5) is 171. The van der Waals surface area contributed by atoms with Crippen molar-refractivity contribution >= 4 is 116 Å². The van der Waals surface area contributed by atoms with E-state index in [0.29, 0.717) is 25.7 Å². The van der Waals surface area contributed by atoms with Crippen LogP contribution in [0.15, 0.2) is 72.8 Å². The van der Waals surface area contributed by atoms with Crippen molar-refractivity contribution in [3.05, 3.63) is 95.1 Å². The molecule has 12 N–H and O–H groups in total. The van der Waals surface area contributed by atoms with E-state index >= 15 is 0 Å². The maximum atomic E-state index is 14.5.